The first-order valence-electron chi connectivity index (χ1n) is 8.28. The van der Waals surface area contributed by atoms with Gasteiger partial charge in [-0.1, -0.05) is 47.5 Å². The van der Waals surface area contributed by atoms with Gasteiger partial charge in [-0.05, 0) is 44.4 Å². The molecule has 0 aliphatic rings. The summed E-state index contributed by atoms with van der Waals surface area (Å²) in [6, 6.07) is 12.2. The van der Waals surface area contributed by atoms with Crippen molar-refractivity contribution in [3.05, 3.63) is 80.3 Å². The molecule has 0 amide bonds. The van der Waals surface area contributed by atoms with E-state index in [1.807, 2.05) is 45.0 Å². The summed E-state index contributed by atoms with van der Waals surface area (Å²) < 4.78 is 0. The first kappa shape index (κ1) is 16.9. The van der Waals surface area contributed by atoms with Crippen LogP contribution in [0.3, 0.4) is 0 Å². The van der Waals surface area contributed by atoms with Crippen molar-refractivity contribution in [3.63, 3.8) is 0 Å². The molecule has 5 heteroatoms. The fourth-order valence-corrected chi connectivity index (χ4v) is 2.93. The highest BCUT2D eigenvalue weighted by molar-refractivity contribution is 5.63. The molecule has 0 spiro atoms. The zero-order valence-corrected chi connectivity index (χ0v) is 15.0. The third kappa shape index (κ3) is 3.94. The van der Waals surface area contributed by atoms with Crippen LogP contribution in [0.5, 0.6) is 0 Å². The largest absolute Gasteiger partial charge is 0.324 e. The Morgan fingerprint density at radius 2 is 1.56 bits per heavy atom. The maximum atomic E-state index is 12.3. The number of H-pyrrole nitrogens is 1. The molecular formula is C20H22N4O. The lowest BCUT2D eigenvalue weighted by molar-refractivity contribution is 0.873. The normalized spacial score (nSPS) is 10.7. The van der Waals surface area contributed by atoms with Gasteiger partial charge in [0.25, 0.3) is 5.56 Å². The summed E-state index contributed by atoms with van der Waals surface area (Å²) in [6.45, 7) is 8.15. The van der Waals surface area contributed by atoms with Crippen LogP contribution in [0.2, 0.25) is 0 Å². The Labute approximate surface area is 147 Å². The van der Waals surface area contributed by atoms with Crippen LogP contribution >= 0.6 is 0 Å². The van der Waals surface area contributed by atoms with Crippen molar-refractivity contribution in [1.82, 2.24) is 15.2 Å². The van der Waals surface area contributed by atoms with Gasteiger partial charge in [0, 0.05) is 12.1 Å². The van der Waals surface area contributed by atoms with Gasteiger partial charge in [0.15, 0.2) is 0 Å². The monoisotopic (exact) mass is 334 g/mol. The van der Waals surface area contributed by atoms with E-state index in [9.17, 15) is 4.79 Å². The predicted molar refractivity (Wildman–Crippen MR) is 101 cm³/mol. The first-order chi connectivity index (χ1) is 11.9. The Hall–Kier alpha value is -2.95. The van der Waals surface area contributed by atoms with Crippen molar-refractivity contribution >= 4 is 11.6 Å². The number of hydrogen-bond acceptors (Lipinski definition) is 4. The molecule has 0 unspecified atom stereocenters. The molecular weight excluding hydrogens is 312 g/mol. The van der Waals surface area contributed by atoms with Crippen molar-refractivity contribution < 1.29 is 0 Å². The fourth-order valence-electron chi connectivity index (χ4n) is 2.93. The number of nitrogens with zero attached hydrogens (tertiary/aromatic N) is 2. The summed E-state index contributed by atoms with van der Waals surface area (Å²) in [7, 11) is 0. The van der Waals surface area contributed by atoms with Crippen molar-refractivity contribution in [2.75, 3.05) is 5.32 Å². The summed E-state index contributed by atoms with van der Waals surface area (Å²) in [4.78, 5) is 15.1. The zero-order valence-electron chi connectivity index (χ0n) is 15.0. The third-order valence-corrected chi connectivity index (χ3v) is 4.18. The standard InChI is InChI=1S/C20H22N4O/c1-12-5-7-16(8-6-12)11-17-19(25)22-20(24-23-17)21-18-14(3)9-13(2)10-15(18)4/h5-10H,11H2,1-4H3,(H2,21,22,24,25). The second kappa shape index (κ2) is 6.89. The molecule has 0 atom stereocenters. The predicted octanol–water partition coefficient (Wildman–Crippen LogP) is 3.73. The molecule has 5 nitrogen and oxygen atoms in total. The lowest BCUT2D eigenvalue weighted by Gasteiger charge is -2.12. The lowest BCUT2D eigenvalue weighted by Crippen LogP contribution is -2.19. The van der Waals surface area contributed by atoms with Gasteiger partial charge in [-0.25, -0.2) is 0 Å². The Morgan fingerprint density at radius 1 is 0.920 bits per heavy atom. The molecule has 0 saturated heterocycles. The van der Waals surface area contributed by atoms with Crippen LogP contribution in [0.25, 0.3) is 0 Å². The molecule has 128 valence electrons. The van der Waals surface area contributed by atoms with Crippen molar-refractivity contribution in [2.24, 2.45) is 0 Å². The molecule has 0 radical (unpaired) electrons. The van der Waals surface area contributed by atoms with Gasteiger partial charge in [-0.15, -0.1) is 10.2 Å². The van der Waals surface area contributed by atoms with Crippen molar-refractivity contribution in [2.45, 2.75) is 34.1 Å². The van der Waals surface area contributed by atoms with Crippen LogP contribution in [0.15, 0.2) is 41.2 Å². The number of aromatic nitrogens is 3. The van der Waals surface area contributed by atoms with E-state index in [0.717, 1.165) is 22.4 Å². The lowest BCUT2D eigenvalue weighted by atomic mass is 10.1. The molecule has 3 rings (SSSR count). The quantitative estimate of drug-likeness (QED) is 0.762. The Kier molecular flexibility index (Phi) is 4.65. The van der Waals surface area contributed by atoms with E-state index in [1.165, 1.54) is 11.1 Å². The van der Waals surface area contributed by atoms with E-state index in [4.69, 9.17) is 0 Å². The summed E-state index contributed by atoms with van der Waals surface area (Å²) >= 11 is 0. The minimum Gasteiger partial charge on any atom is -0.324 e. The molecule has 0 saturated carbocycles. The highest BCUT2D eigenvalue weighted by Crippen LogP contribution is 2.23. The average Bonchev–Trinajstić information content (AvgIpc) is 2.55. The van der Waals surface area contributed by atoms with Crippen LogP contribution < -0.4 is 10.9 Å². The van der Waals surface area contributed by atoms with E-state index in [1.54, 1.807) is 0 Å². The molecule has 2 aromatic carbocycles. The van der Waals surface area contributed by atoms with Crippen LogP contribution in [-0.2, 0) is 6.42 Å². The van der Waals surface area contributed by atoms with Crippen molar-refractivity contribution in [1.29, 1.82) is 0 Å². The van der Waals surface area contributed by atoms with Crippen LogP contribution in [-0.4, -0.2) is 15.2 Å². The topological polar surface area (TPSA) is 70.7 Å². The summed E-state index contributed by atoms with van der Waals surface area (Å²) in [5, 5.41) is 11.4. The maximum Gasteiger partial charge on any atom is 0.274 e. The highest BCUT2D eigenvalue weighted by Gasteiger charge is 2.09. The number of hydrogen-bond donors (Lipinski definition) is 2. The smallest absolute Gasteiger partial charge is 0.274 e. The molecule has 0 aliphatic carbocycles. The number of rotatable bonds is 4. The summed E-state index contributed by atoms with van der Waals surface area (Å²) in [6.07, 6.45) is 0.464. The Morgan fingerprint density at radius 3 is 2.16 bits per heavy atom. The highest BCUT2D eigenvalue weighted by atomic mass is 16.1. The van der Waals surface area contributed by atoms with Crippen LogP contribution in [0.1, 0.15) is 33.5 Å². The van der Waals surface area contributed by atoms with Crippen LogP contribution in [0, 0.1) is 27.7 Å². The minimum absolute atomic E-state index is 0.222. The molecule has 2 N–H and O–H groups in total. The molecule has 0 aliphatic heterocycles. The van der Waals surface area contributed by atoms with Crippen LogP contribution in [0.4, 0.5) is 11.6 Å². The molecule has 0 bridgehead atoms. The van der Waals surface area contributed by atoms with E-state index in [-0.39, 0.29) is 5.56 Å². The molecule has 1 aromatic heterocycles. The van der Waals surface area contributed by atoms with Crippen molar-refractivity contribution in [3.8, 4) is 0 Å². The van der Waals surface area contributed by atoms with Gasteiger partial charge in [-0.2, -0.15) is 0 Å². The number of aromatic amines is 1. The van der Waals surface area contributed by atoms with Gasteiger partial charge >= 0.3 is 0 Å². The summed E-state index contributed by atoms with van der Waals surface area (Å²) in [5.41, 5.74) is 6.76. The first-order valence-corrected chi connectivity index (χ1v) is 8.28. The molecule has 1 heterocycles. The van der Waals surface area contributed by atoms with E-state index >= 15 is 0 Å². The van der Waals surface area contributed by atoms with Gasteiger partial charge in [0.05, 0.1) is 0 Å². The SMILES string of the molecule is Cc1ccc(Cc2nnc(Nc3c(C)cc(C)cc3C)[nH]c2=O)cc1. The minimum atomic E-state index is -0.222. The fraction of sp³-hybridized carbons (Fsp3) is 0.250. The average molecular weight is 334 g/mol. The van der Waals surface area contributed by atoms with E-state index in [0.29, 0.717) is 18.1 Å². The zero-order chi connectivity index (χ0) is 18.0. The van der Waals surface area contributed by atoms with Gasteiger partial charge in [0.1, 0.15) is 5.69 Å². The second-order valence-corrected chi connectivity index (χ2v) is 6.51. The van der Waals surface area contributed by atoms with Gasteiger partial charge in [-0.3, -0.25) is 9.78 Å². The number of benzene rings is 2. The summed E-state index contributed by atoms with van der Waals surface area (Å²) in [5.74, 6) is 0.354. The van der Waals surface area contributed by atoms with Gasteiger partial charge < -0.3 is 5.32 Å². The number of nitrogens with one attached hydrogen (secondary N) is 2. The maximum absolute atomic E-state index is 12.3. The second-order valence-electron chi connectivity index (χ2n) is 6.51. The third-order valence-electron chi connectivity index (χ3n) is 4.18. The molecule has 3 aromatic rings. The molecule has 25 heavy (non-hydrogen) atoms. The number of anilines is 2. The molecule has 0 fully saturated rings. The van der Waals surface area contributed by atoms with E-state index in [2.05, 4.69) is 39.6 Å². The van der Waals surface area contributed by atoms with E-state index < -0.39 is 0 Å². The number of aryl methyl sites for hydroxylation is 4. The Balaban J connectivity index is 1.83. The Bertz CT molecular complexity index is 935. The van der Waals surface area contributed by atoms with Gasteiger partial charge in [0.2, 0.25) is 5.95 Å².